The van der Waals surface area contributed by atoms with Crippen LogP contribution in [0.1, 0.15) is 16.7 Å². The van der Waals surface area contributed by atoms with Crippen LogP contribution in [-0.4, -0.2) is 39.8 Å². The van der Waals surface area contributed by atoms with Crippen LogP contribution in [0.25, 0.3) is 88.3 Å². The van der Waals surface area contributed by atoms with E-state index in [0.717, 1.165) is 84.6 Å². The van der Waals surface area contributed by atoms with E-state index >= 15 is 0 Å². The SMILES string of the molecule is Cn1c(O)c(-c2[nH]c3ccccc3c2N=O)c2ccc(Br)cc21.O=NC1=C(c2c(O)[nH]c3c(Br)cccc23)Cc2ccccc21.O=Nc1c(-c2c(O)[nH]c3cc(Br)ccc23)[nH]c2ccccc12. The zero-order chi connectivity index (χ0) is 46.7. The van der Waals surface area contributed by atoms with Gasteiger partial charge in [0.25, 0.3) is 0 Å². The number of aromatic amines is 4. The molecule has 0 fully saturated rings. The van der Waals surface area contributed by atoms with Crippen molar-refractivity contribution >= 4 is 125 Å². The molecular weight excluding hydrogens is 1050 g/mol. The molecule has 0 saturated carbocycles. The van der Waals surface area contributed by atoms with Gasteiger partial charge in [0.2, 0.25) is 5.88 Å². The minimum atomic E-state index is 0.00422. The first-order chi connectivity index (χ1) is 32.5. The Kier molecular flexibility index (Phi) is 11.2. The number of nitroso groups, excluding NO2 is 3. The first kappa shape index (κ1) is 43.3. The molecular formula is C50H33Br3N8O6. The maximum Gasteiger partial charge on any atom is 0.201 e. The molecule has 17 heteroatoms. The van der Waals surface area contributed by atoms with Gasteiger partial charge in [0.05, 0.1) is 39.1 Å². The van der Waals surface area contributed by atoms with Crippen LogP contribution in [0.15, 0.2) is 156 Å². The lowest BCUT2D eigenvalue weighted by Gasteiger charge is -2.02. The molecule has 67 heavy (non-hydrogen) atoms. The third-order valence-corrected chi connectivity index (χ3v) is 13.6. The van der Waals surface area contributed by atoms with Crippen LogP contribution in [-0.2, 0) is 13.5 Å². The van der Waals surface area contributed by atoms with E-state index in [2.05, 4.69) is 83.3 Å². The molecule has 5 heterocycles. The zero-order valence-electron chi connectivity index (χ0n) is 34.8. The fraction of sp³-hybridized carbons (Fsp3) is 0.0400. The first-order valence-corrected chi connectivity index (χ1v) is 22.9. The lowest BCUT2D eigenvalue weighted by molar-refractivity contribution is 0.437. The van der Waals surface area contributed by atoms with E-state index in [1.807, 2.05) is 127 Å². The number of aromatic nitrogens is 5. The summed E-state index contributed by atoms with van der Waals surface area (Å²) in [6, 6.07) is 39.7. The average molecular weight is 1080 g/mol. The second-order valence-electron chi connectivity index (χ2n) is 15.7. The summed E-state index contributed by atoms with van der Waals surface area (Å²) in [5.74, 6) is 0.157. The number of para-hydroxylation sites is 3. The molecule has 0 aliphatic heterocycles. The topological polar surface area (TPSA) is 217 Å². The fourth-order valence-corrected chi connectivity index (χ4v) is 10.2. The molecule has 14 nitrogen and oxygen atoms in total. The van der Waals surface area contributed by atoms with E-state index < -0.39 is 0 Å². The molecule has 0 spiro atoms. The lowest BCUT2D eigenvalue weighted by Crippen LogP contribution is -1.85. The van der Waals surface area contributed by atoms with Crippen molar-refractivity contribution in [2.24, 2.45) is 22.6 Å². The highest BCUT2D eigenvalue weighted by atomic mass is 79.9. The largest absolute Gasteiger partial charge is 0.494 e. The van der Waals surface area contributed by atoms with Crippen molar-refractivity contribution in [3.05, 3.63) is 172 Å². The highest BCUT2D eigenvalue weighted by molar-refractivity contribution is 9.11. The molecule has 7 N–H and O–H groups in total. The van der Waals surface area contributed by atoms with Crippen LogP contribution in [0, 0.1) is 14.7 Å². The molecule has 0 radical (unpaired) electrons. The standard InChI is InChI=1S/C17H12BrN3O2.C17H11BrN2O2.C16H10BrN3O2/c1-21-13-8-9(18)6-7-11(13)14(17(21)22)16-15(20-23)10-4-2-3-5-12(10)19-16;18-13-7-3-6-11-14(17(21)19-16(11)13)12-8-9-4-1-2-5-10(9)15(12)20-22;17-8-5-6-9-12(7-8)19-16(21)13(9)15-14(20-22)10-3-1-2-4-11(10)18-15/h2-8,19,22H,1H3;1-7,19,21H,8H2;1-7,18-19,21H. The van der Waals surface area contributed by atoms with Crippen LogP contribution in [0.5, 0.6) is 17.6 Å². The highest BCUT2D eigenvalue weighted by Gasteiger charge is 2.28. The molecule has 0 saturated heterocycles. The van der Waals surface area contributed by atoms with E-state index in [1.165, 1.54) is 0 Å². The number of allylic oxidation sites excluding steroid dienone is 1. The summed E-state index contributed by atoms with van der Waals surface area (Å²) >= 11 is 10.3. The van der Waals surface area contributed by atoms with Gasteiger partial charge in [-0.25, -0.2) is 0 Å². The summed E-state index contributed by atoms with van der Waals surface area (Å²) in [6.07, 6.45) is 0.588. The van der Waals surface area contributed by atoms with Crippen molar-refractivity contribution in [3.63, 3.8) is 0 Å². The molecule has 0 bridgehead atoms. The maximum atomic E-state index is 11.4. The summed E-state index contributed by atoms with van der Waals surface area (Å²) < 4.78 is 4.37. The van der Waals surface area contributed by atoms with Gasteiger partial charge in [-0.05, 0) is 85.1 Å². The third kappa shape index (κ3) is 7.31. The Bertz CT molecular complexity index is 3860. The number of benzene rings is 6. The van der Waals surface area contributed by atoms with Crippen LogP contribution in [0.4, 0.5) is 11.4 Å². The number of hydrogen-bond donors (Lipinski definition) is 7. The molecule has 5 aromatic heterocycles. The summed E-state index contributed by atoms with van der Waals surface area (Å²) in [5, 5.41) is 44.9. The minimum Gasteiger partial charge on any atom is -0.494 e. The minimum absolute atomic E-state index is 0.00422. The Balaban J connectivity index is 0.000000118. The second kappa shape index (κ2) is 17.3. The van der Waals surface area contributed by atoms with Crippen molar-refractivity contribution in [2.45, 2.75) is 6.42 Å². The Labute approximate surface area is 403 Å². The molecule has 0 atom stereocenters. The smallest absolute Gasteiger partial charge is 0.201 e. The molecule has 0 unspecified atom stereocenters. The Morgan fingerprint density at radius 1 is 0.537 bits per heavy atom. The average Bonchev–Trinajstić information content (AvgIpc) is 4.17. The van der Waals surface area contributed by atoms with Gasteiger partial charge in [0.15, 0.2) is 11.8 Å². The van der Waals surface area contributed by atoms with Gasteiger partial charge in [-0.1, -0.05) is 117 Å². The van der Waals surface area contributed by atoms with Crippen LogP contribution < -0.4 is 0 Å². The van der Waals surface area contributed by atoms with Crippen molar-refractivity contribution in [3.8, 4) is 40.2 Å². The molecule has 1 aliphatic rings. The summed E-state index contributed by atoms with van der Waals surface area (Å²) in [7, 11) is 1.78. The number of fused-ring (bicyclic) bond motifs is 6. The van der Waals surface area contributed by atoms with Crippen molar-refractivity contribution in [1.29, 1.82) is 0 Å². The molecule has 1 aliphatic carbocycles. The second-order valence-corrected chi connectivity index (χ2v) is 18.4. The van der Waals surface area contributed by atoms with Gasteiger partial charge in [0, 0.05) is 76.0 Å². The quantitative estimate of drug-likeness (QED) is 0.0803. The van der Waals surface area contributed by atoms with Crippen LogP contribution >= 0.6 is 47.8 Å². The van der Waals surface area contributed by atoms with Crippen LogP contribution in [0.3, 0.4) is 0 Å². The van der Waals surface area contributed by atoms with Crippen molar-refractivity contribution < 1.29 is 15.3 Å². The van der Waals surface area contributed by atoms with Gasteiger partial charge in [0.1, 0.15) is 17.1 Å². The van der Waals surface area contributed by atoms with E-state index in [-0.39, 0.29) is 17.6 Å². The number of H-pyrrole nitrogens is 4. The third-order valence-electron chi connectivity index (χ3n) is 12.0. The summed E-state index contributed by atoms with van der Waals surface area (Å²) in [6.45, 7) is 0. The maximum absolute atomic E-state index is 11.4. The van der Waals surface area contributed by atoms with Gasteiger partial charge in [-0.2, -0.15) is 0 Å². The number of hydrogen-bond acceptors (Lipinski definition) is 9. The number of rotatable bonds is 6. The molecule has 6 aromatic carbocycles. The van der Waals surface area contributed by atoms with Gasteiger partial charge in [-0.15, -0.1) is 14.7 Å². The molecule has 12 rings (SSSR count). The van der Waals surface area contributed by atoms with E-state index in [0.29, 0.717) is 51.6 Å². The Morgan fingerprint density at radius 3 is 1.79 bits per heavy atom. The Morgan fingerprint density at radius 2 is 1.12 bits per heavy atom. The fourth-order valence-electron chi connectivity index (χ4n) is 8.98. The number of aryl methyl sites for hydroxylation is 1. The molecule has 0 amide bonds. The van der Waals surface area contributed by atoms with Crippen LogP contribution in [0.2, 0.25) is 0 Å². The normalized spacial score (nSPS) is 12.1. The van der Waals surface area contributed by atoms with E-state index in [1.54, 1.807) is 11.6 Å². The van der Waals surface area contributed by atoms with Crippen molar-refractivity contribution in [2.75, 3.05) is 0 Å². The number of halogens is 3. The predicted octanol–water partition coefficient (Wildman–Crippen LogP) is 15.2. The number of nitrogens with zero attached hydrogens (tertiary/aromatic N) is 4. The Hall–Kier alpha value is -7.60. The summed E-state index contributed by atoms with van der Waals surface area (Å²) in [5.41, 5.74) is 10.6. The van der Waals surface area contributed by atoms with E-state index in [9.17, 15) is 30.0 Å². The lowest BCUT2D eigenvalue weighted by atomic mass is 10.0. The van der Waals surface area contributed by atoms with Gasteiger partial charge in [-0.3, -0.25) is 0 Å². The predicted molar refractivity (Wildman–Crippen MR) is 276 cm³/mol. The molecule has 11 aromatic rings. The van der Waals surface area contributed by atoms with Crippen molar-refractivity contribution in [1.82, 2.24) is 24.5 Å². The van der Waals surface area contributed by atoms with E-state index in [4.69, 9.17) is 0 Å². The number of aromatic hydroxyl groups is 3. The monoisotopic (exact) mass is 1080 g/mol. The highest BCUT2D eigenvalue weighted by Crippen LogP contribution is 2.48. The first-order valence-electron chi connectivity index (χ1n) is 20.5. The molecule has 330 valence electrons. The number of nitrogens with one attached hydrogen (secondary N) is 4. The summed E-state index contributed by atoms with van der Waals surface area (Å²) in [4.78, 5) is 46.4. The van der Waals surface area contributed by atoms with Gasteiger partial charge < -0.3 is 39.8 Å². The van der Waals surface area contributed by atoms with Gasteiger partial charge >= 0.3 is 0 Å². The zero-order valence-corrected chi connectivity index (χ0v) is 39.6.